The molecule has 0 unspecified atom stereocenters. The number of halogens is 1. The number of carbonyl (C=O) groups excluding carboxylic acids is 3. The summed E-state index contributed by atoms with van der Waals surface area (Å²) in [5, 5.41) is 3.05. The molecule has 0 bridgehead atoms. The van der Waals surface area contributed by atoms with Crippen molar-refractivity contribution in [1.29, 1.82) is 0 Å². The molecule has 0 N–H and O–H groups in total. The molecule has 3 aliphatic heterocycles. The number of benzene rings is 1. The molecule has 1 aromatic carbocycles. The van der Waals surface area contributed by atoms with Gasteiger partial charge < -0.3 is 4.74 Å². The van der Waals surface area contributed by atoms with Crippen molar-refractivity contribution >= 4 is 29.3 Å². The van der Waals surface area contributed by atoms with Crippen LogP contribution in [0.3, 0.4) is 0 Å². The molecule has 2 saturated heterocycles. The summed E-state index contributed by atoms with van der Waals surface area (Å²) in [4.78, 5) is 44.7. The van der Waals surface area contributed by atoms with Crippen LogP contribution in [0.15, 0.2) is 36.5 Å². The number of piperidine rings is 1. The highest BCUT2D eigenvalue weighted by molar-refractivity contribution is 6.30. The van der Waals surface area contributed by atoms with Crippen LogP contribution in [0.1, 0.15) is 72.5 Å². The minimum atomic E-state index is -0.310. The first kappa shape index (κ1) is 23.4. The number of hydrogen-bond donors (Lipinski definition) is 0. The Morgan fingerprint density at radius 3 is 2.50 bits per heavy atom. The van der Waals surface area contributed by atoms with Gasteiger partial charge in [0.05, 0.1) is 6.54 Å². The van der Waals surface area contributed by atoms with Crippen molar-refractivity contribution in [3.8, 4) is 5.75 Å². The Labute approximate surface area is 215 Å². The largest absolute Gasteiger partial charge is 0.489 e. The predicted octanol–water partition coefficient (Wildman–Crippen LogP) is 3.93. The zero-order valence-electron chi connectivity index (χ0n) is 20.1. The third-order valence-electron chi connectivity index (χ3n) is 7.85. The van der Waals surface area contributed by atoms with E-state index in [1.807, 2.05) is 18.2 Å². The number of nitrogens with zero attached hydrogens (tertiary/aromatic N) is 4. The lowest BCUT2D eigenvalue weighted by atomic mass is 9.85. The van der Waals surface area contributed by atoms with E-state index in [0.717, 1.165) is 59.4 Å². The number of rotatable bonds is 5. The molecule has 2 aromatic rings. The molecular weight excluding hydrogens is 480 g/mol. The molecule has 2 atom stereocenters. The first-order chi connectivity index (χ1) is 17.5. The predicted molar refractivity (Wildman–Crippen MR) is 132 cm³/mol. The zero-order chi connectivity index (χ0) is 24.8. The van der Waals surface area contributed by atoms with E-state index in [1.54, 1.807) is 18.3 Å². The van der Waals surface area contributed by atoms with Crippen LogP contribution in [0, 0.1) is 0 Å². The summed E-state index contributed by atoms with van der Waals surface area (Å²) in [6, 6.07) is 9.59. The lowest BCUT2D eigenvalue weighted by Gasteiger charge is -2.48. The fraction of sp³-hybridized carbons (Fsp3) is 0.481. The van der Waals surface area contributed by atoms with Gasteiger partial charge in [0.2, 0.25) is 11.8 Å². The van der Waals surface area contributed by atoms with Crippen LogP contribution in [0.25, 0.3) is 0 Å². The lowest BCUT2D eigenvalue weighted by Crippen LogP contribution is -2.57. The van der Waals surface area contributed by atoms with Gasteiger partial charge in [-0.2, -0.15) is 5.01 Å². The SMILES string of the molecule is O=C1c2ccc(O[C@@H]3CCCC[C@H]3N3CC(c4cc(Cl)ccn4)C3)cc2CN1N1C(=O)CCCC1=O. The van der Waals surface area contributed by atoms with Gasteiger partial charge in [-0.25, -0.2) is 5.01 Å². The molecule has 3 fully saturated rings. The van der Waals surface area contributed by atoms with Crippen molar-refractivity contribution in [2.45, 2.75) is 69.6 Å². The molecule has 0 spiro atoms. The Hall–Kier alpha value is -2.97. The number of hydrazine groups is 1. The van der Waals surface area contributed by atoms with E-state index in [9.17, 15) is 14.4 Å². The van der Waals surface area contributed by atoms with E-state index >= 15 is 0 Å². The van der Waals surface area contributed by atoms with Crippen molar-refractivity contribution < 1.29 is 19.1 Å². The van der Waals surface area contributed by atoms with Crippen LogP contribution < -0.4 is 4.74 Å². The number of fused-ring (bicyclic) bond motifs is 1. The van der Waals surface area contributed by atoms with Crippen molar-refractivity contribution in [2.24, 2.45) is 0 Å². The molecule has 9 heteroatoms. The highest BCUT2D eigenvalue weighted by atomic mass is 35.5. The van der Waals surface area contributed by atoms with Crippen molar-refractivity contribution in [2.75, 3.05) is 13.1 Å². The zero-order valence-corrected chi connectivity index (χ0v) is 20.8. The van der Waals surface area contributed by atoms with Gasteiger partial charge in [0.1, 0.15) is 11.9 Å². The summed E-state index contributed by atoms with van der Waals surface area (Å²) < 4.78 is 6.51. The maximum Gasteiger partial charge on any atom is 0.273 e. The van der Waals surface area contributed by atoms with Crippen molar-refractivity contribution in [3.63, 3.8) is 0 Å². The first-order valence-corrected chi connectivity index (χ1v) is 13.2. The molecule has 4 heterocycles. The standard InChI is InChI=1S/C27H29ClN4O4/c28-19-10-11-29-22(13-19)18-14-30(15-18)23-4-1-2-5-24(23)36-20-8-9-21-17(12-20)16-31(27(21)35)32-25(33)6-3-7-26(32)34/h8-13,18,23-24H,1-7,14-16H2/t23-,24-/m1/s1. The molecule has 0 radical (unpaired) electrons. The van der Waals surface area contributed by atoms with Crippen LogP contribution >= 0.6 is 11.6 Å². The van der Waals surface area contributed by atoms with E-state index in [0.29, 0.717) is 23.9 Å². The van der Waals surface area contributed by atoms with E-state index in [2.05, 4.69) is 9.88 Å². The number of amides is 3. The van der Waals surface area contributed by atoms with Gasteiger partial charge in [0.25, 0.3) is 5.91 Å². The Bertz CT molecular complexity index is 1200. The maximum absolute atomic E-state index is 13.0. The summed E-state index contributed by atoms with van der Waals surface area (Å²) >= 11 is 6.15. The second-order valence-electron chi connectivity index (χ2n) is 10.2. The Balaban J connectivity index is 1.13. The summed E-state index contributed by atoms with van der Waals surface area (Å²) in [5.74, 6) is 0.190. The molecule has 4 aliphatic rings. The summed E-state index contributed by atoms with van der Waals surface area (Å²) in [7, 11) is 0. The van der Waals surface area contributed by atoms with Gasteiger partial charge in [-0.15, -0.1) is 0 Å². The third-order valence-corrected chi connectivity index (χ3v) is 8.09. The average molecular weight is 509 g/mol. The summed E-state index contributed by atoms with van der Waals surface area (Å²) in [6.07, 6.45) is 7.35. The normalized spacial score (nSPS) is 25.2. The number of imide groups is 1. The summed E-state index contributed by atoms with van der Waals surface area (Å²) in [6.45, 7) is 2.10. The molecule has 1 aromatic heterocycles. The lowest BCUT2D eigenvalue weighted by molar-refractivity contribution is -0.163. The van der Waals surface area contributed by atoms with Gasteiger partial charge >= 0.3 is 0 Å². The maximum atomic E-state index is 13.0. The Kier molecular flexibility index (Phi) is 6.17. The second-order valence-corrected chi connectivity index (χ2v) is 10.6. The molecule has 1 aliphatic carbocycles. The molecular formula is C27H29ClN4O4. The van der Waals surface area contributed by atoms with Crippen LogP contribution in [-0.2, 0) is 16.1 Å². The minimum absolute atomic E-state index is 0.0727. The highest BCUT2D eigenvalue weighted by Gasteiger charge is 2.41. The van der Waals surface area contributed by atoms with E-state index in [1.165, 1.54) is 11.4 Å². The first-order valence-electron chi connectivity index (χ1n) is 12.8. The van der Waals surface area contributed by atoms with E-state index in [-0.39, 0.29) is 43.2 Å². The molecule has 36 heavy (non-hydrogen) atoms. The van der Waals surface area contributed by atoms with Crippen LogP contribution in [0.4, 0.5) is 0 Å². The average Bonchev–Trinajstić information content (AvgIpc) is 3.14. The third kappa shape index (κ3) is 4.26. The van der Waals surface area contributed by atoms with Crippen molar-refractivity contribution in [1.82, 2.24) is 19.9 Å². The van der Waals surface area contributed by atoms with Gasteiger partial charge in [-0.1, -0.05) is 18.0 Å². The second kappa shape index (κ2) is 9.48. The fourth-order valence-electron chi connectivity index (χ4n) is 5.95. The van der Waals surface area contributed by atoms with Crippen LogP contribution in [-0.4, -0.2) is 62.9 Å². The minimum Gasteiger partial charge on any atom is -0.489 e. The van der Waals surface area contributed by atoms with Crippen molar-refractivity contribution in [3.05, 3.63) is 58.4 Å². The topological polar surface area (TPSA) is 83.1 Å². The quantitative estimate of drug-likeness (QED) is 0.569. The molecule has 188 valence electrons. The highest BCUT2D eigenvalue weighted by Crippen LogP contribution is 2.36. The van der Waals surface area contributed by atoms with Gasteiger partial charge in [-0.05, 0) is 61.6 Å². The number of pyridine rings is 1. The van der Waals surface area contributed by atoms with Crippen LogP contribution in [0.5, 0.6) is 5.75 Å². The molecule has 3 amide bonds. The van der Waals surface area contributed by atoms with Gasteiger partial charge in [0.15, 0.2) is 0 Å². The van der Waals surface area contributed by atoms with Crippen LogP contribution in [0.2, 0.25) is 5.02 Å². The van der Waals surface area contributed by atoms with E-state index in [4.69, 9.17) is 16.3 Å². The number of aromatic nitrogens is 1. The Morgan fingerprint density at radius 2 is 1.72 bits per heavy atom. The number of hydrogen-bond acceptors (Lipinski definition) is 6. The fourth-order valence-corrected chi connectivity index (χ4v) is 6.12. The smallest absolute Gasteiger partial charge is 0.273 e. The number of likely N-dealkylation sites (tertiary alicyclic amines) is 1. The van der Waals surface area contributed by atoms with Gasteiger partial charge in [0, 0.05) is 60.4 Å². The molecule has 8 nitrogen and oxygen atoms in total. The Morgan fingerprint density at radius 1 is 0.944 bits per heavy atom. The molecule has 1 saturated carbocycles. The monoisotopic (exact) mass is 508 g/mol. The molecule has 6 rings (SSSR count). The number of ether oxygens (including phenoxy) is 1. The number of carbonyl (C=O) groups is 3. The summed E-state index contributed by atoms with van der Waals surface area (Å²) in [5.41, 5.74) is 2.35. The van der Waals surface area contributed by atoms with E-state index < -0.39 is 0 Å². The van der Waals surface area contributed by atoms with Gasteiger partial charge in [-0.3, -0.25) is 24.3 Å².